The van der Waals surface area contributed by atoms with E-state index in [0.29, 0.717) is 19.3 Å². The molecule has 5 N–H and O–H groups in total. The first-order chi connectivity index (χ1) is 16.1. The Labute approximate surface area is 203 Å². The topological polar surface area (TPSA) is 131 Å². The summed E-state index contributed by atoms with van der Waals surface area (Å²) in [4.78, 5) is 38.3. The average Bonchev–Trinajstić information content (AvgIpc) is 3.29. The molecule has 0 aromatic heterocycles. The molecule has 2 rings (SSSR count). The van der Waals surface area contributed by atoms with Crippen molar-refractivity contribution in [3.05, 3.63) is 35.9 Å². The zero-order valence-electron chi connectivity index (χ0n) is 21.0. The second-order valence-electron chi connectivity index (χ2n) is 10.0. The Kier molecular flexibility index (Phi) is 10.5. The van der Waals surface area contributed by atoms with Crippen molar-refractivity contribution in [2.75, 3.05) is 7.11 Å². The molecule has 6 atom stereocenters. The van der Waals surface area contributed by atoms with Gasteiger partial charge in [-0.1, -0.05) is 64.4 Å². The highest BCUT2D eigenvalue weighted by atomic mass is 16.5. The van der Waals surface area contributed by atoms with Gasteiger partial charge in [0.25, 0.3) is 0 Å². The van der Waals surface area contributed by atoms with Gasteiger partial charge in [0.2, 0.25) is 11.8 Å². The predicted molar refractivity (Wildman–Crippen MR) is 131 cm³/mol. The van der Waals surface area contributed by atoms with Crippen LogP contribution in [-0.4, -0.2) is 54.2 Å². The summed E-state index contributed by atoms with van der Waals surface area (Å²) in [5.74, 6) is -2.27. The average molecular weight is 476 g/mol. The molecule has 1 aliphatic carbocycles. The number of esters is 1. The van der Waals surface area contributed by atoms with Crippen LogP contribution in [0.5, 0.6) is 0 Å². The number of hydrogen-bond donors (Lipinski definition) is 4. The van der Waals surface area contributed by atoms with Gasteiger partial charge in [0.1, 0.15) is 12.1 Å². The minimum absolute atomic E-state index is 0.166. The molecule has 0 spiro atoms. The van der Waals surface area contributed by atoms with E-state index in [1.165, 1.54) is 7.11 Å². The number of carbonyl (C=O) groups is 3. The van der Waals surface area contributed by atoms with Crippen LogP contribution in [0.15, 0.2) is 30.3 Å². The van der Waals surface area contributed by atoms with Crippen LogP contribution in [0.1, 0.15) is 52.5 Å². The molecule has 1 fully saturated rings. The second kappa shape index (κ2) is 12.9. The highest BCUT2D eigenvalue weighted by molar-refractivity contribution is 5.91. The Bertz CT molecular complexity index is 814. The Morgan fingerprint density at radius 2 is 1.65 bits per heavy atom. The summed E-state index contributed by atoms with van der Waals surface area (Å²) in [6.07, 6.45) is 1.85. The van der Waals surface area contributed by atoms with E-state index < -0.39 is 42.0 Å². The minimum Gasteiger partial charge on any atom is -0.467 e. The molecular formula is C26H41N3O5. The maximum atomic E-state index is 13.2. The monoisotopic (exact) mass is 475 g/mol. The molecule has 1 saturated carbocycles. The number of rotatable bonds is 11. The van der Waals surface area contributed by atoms with Crippen molar-refractivity contribution in [3.63, 3.8) is 0 Å². The standard InChI is InChI=1S/C26H41N3O5/c1-15(2)21(25(32)29-22(16(3)4)26(33)34-5)28-24(31)19-13-9-12-18(19)23(30)20(27)14-17-10-7-6-8-11-17/h6-8,10-11,15-16,18-23,30H,9,12-14,27H2,1-5H3,(H,28,31)(H,29,32)/t18?,19?,20-,21-,22?,23?/m0/s1. The first kappa shape index (κ1) is 27.8. The smallest absolute Gasteiger partial charge is 0.328 e. The van der Waals surface area contributed by atoms with Crippen molar-refractivity contribution in [1.29, 1.82) is 0 Å². The molecule has 1 aromatic rings. The van der Waals surface area contributed by atoms with Crippen LogP contribution in [0, 0.1) is 23.7 Å². The SMILES string of the molecule is COC(=O)C(NC(=O)[C@@H](NC(=O)C1CCCC1C(O)[C@@H](N)Cc1ccccc1)C(C)C)C(C)C. The van der Waals surface area contributed by atoms with Gasteiger partial charge in [-0.3, -0.25) is 9.59 Å². The van der Waals surface area contributed by atoms with E-state index in [1.807, 2.05) is 58.0 Å². The zero-order chi connectivity index (χ0) is 25.4. The molecule has 8 nitrogen and oxygen atoms in total. The fourth-order valence-electron chi connectivity index (χ4n) is 4.71. The summed E-state index contributed by atoms with van der Waals surface area (Å²) in [7, 11) is 1.28. The number of aliphatic hydroxyl groups excluding tert-OH is 1. The van der Waals surface area contributed by atoms with Crippen LogP contribution in [0.2, 0.25) is 0 Å². The van der Waals surface area contributed by atoms with Crippen LogP contribution in [0.25, 0.3) is 0 Å². The molecule has 0 bridgehead atoms. The van der Waals surface area contributed by atoms with E-state index >= 15 is 0 Å². The molecule has 2 amide bonds. The molecule has 0 radical (unpaired) electrons. The molecule has 0 aliphatic heterocycles. The van der Waals surface area contributed by atoms with Crippen molar-refractivity contribution in [1.82, 2.24) is 10.6 Å². The van der Waals surface area contributed by atoms with Crippen LogP contribution >= 0.6 is 0 Å². The number of hydrogen-bond acceptors (Lipinski definition) is 6. The van der Waals surface area contributed by atoms with E-state index in [9.17, 15) is 19.5 Å². The normalized spacial score (nSPS) is 21.6. The van der Waals surface area contributed by atoms with E-state index in [-0.39, 0.29) is 23.7 Å². The van der Waals surface area contributed by atoms with Crippen LogP contribution in [0.3, 0.4) is 0 Å². The second-order valence-corrected chi connectivity index (χ2v) is 10.0. The van der Waals surface area contributed by atoms with Gasteiger partial charge in [0.05, 0.1) is 13.2 Å². The number of benzene rings is 1. The number of carbonyl (C=O) groups excluding carboxylic acids is 3. The molecule has 34 heavy (non-hydrogen) atoms. The molecular weight excluding hydrogens is 434 g/mol. The molecule has 0 saturated heterocycles. The highest BCUT2D eigenvalue weighted by Gasteiger charge is 2.41. The van der Waals surface area contributed by atoms with Crippen molar-refractivity contribution < 1.29 is 24.2 Å². The maximum absolute atomic E-state index is 13.2. The molecule has 190 valence electrons. The Balaban J connectivity index is 2.06. The fraction of sp³-hybridized carbons (Fsp3) is 0.654. The van der Waals surface area contributed by atoms with Gasteiger partial charge in [-0.05, 0) is 42.6 Å². The van der Waals surface area contributed by atoms with Crippen molar-refractivity contribution in [3.8, 4) is 0 Å². The molecule has 1 aromatic carbocycles. The van der Waals surface area contributed by atoms with Gasteiger partial charge < -0.3 is 26.2 Å². The molecule has 0 heterocycles. The third-order valence-corrected chi connectivity index (χ3v) is 6.76. The van der Waals surface area contributed by atoms with Crippen molar-refractivity contribution in [2.45, 2.75) is 77.6 Å². The van der Waals surface area contributed by atoms with Gasteiger partial charge >= 0.3 is 5.97 Å². The summed E-state index contributed by atoms with van der Waals surface area (Å²) in [6, 6.07) is 7.63. The van der Waals surface area contributed by atoms with Gasteiger partial charge in [-0.25, -0.2) is 4.79 Å². The Morgan fingerprint density at radius 1 is 1.03 bits per heavy atom. The summed E-state index contributed by atoms with van der Waals surface area (Å²) in [5, 5.41) is 16.6. The van der Waals surface area contributed by atoms with Crippen molar-refractivity contribution in [2.24, 2.45) is 29.4 Å². The van der Waals surface area contributed by atoms with E-state index in [0.717, 1.165) is 12.0 Å². The van der Waals surface area contributed by atoms with Gasteiger partial charge in [0.15, 0.2) is 0 Å². The van der Waals surface area contributed by atoms with Crippen LogP contribution < -0.4 is 16.4 Å². The number of ether oxygens (including phenoxy) is 1. The number of nitrogens with one attached hydrogen (secondary N) is 2. The Morgan fingerprint density at radius 3 is 2.21 bits per heavy atom. The molecule has 8 heteroatoms. The Hall–Kier alpha value is -2.45. The summed E-state index contributed by atoms with van der Waals surface area (Å²) >= 11 is 0. The first-order valence-electron chi connectivity index (χ1n) is 12.2. The summed E-state index contributed by atoms with van der Waals surface area (Å²) < 4.78 is 4.80. The largest absolute Gasteiger partial charge is 0.467 e. The predicted octanol–water partition coefficient (Wildman–Crippen LogP) is 1.79. The van der Waals surface area contributed by atoms with Crippen LogP contribution in [-0.2, 0) is 25.5 Å². The lowest BCUT2D eigenvalue weighted by molar-refractivity contribution is -0.147. The van der Waals surface area contributed by atoms with Crippen LogP contribution in [0.4, 0.5) is 0 Å². The lowest BCUT2D eigenvalue weighted by Crippen LogP contribution is -2.56. The summed E-state index contributed by atoms with van der Waals surface area (Å²) in [5.41, 5.74) is 7.36. The number of methoxy groups -OCH3 is 1. The third kappa shape index (κ3) is 7.27. The van der Waals surface area contributed by atoms with Gasteiger partial charge in [0, 0.05) is 12.0 Å². The van der Waals surface area contributed by atoms with Gasteiger partial charge in [-0.2, -0.15) is 0 Å². The number of nitrogens with two attached hydrogens (primary N) is 1. The van der Waals surface area contributed by atoms with Gasteiger partial charge in [-0.15, -0.1) is 0 Å². The summed E-state index contributed by atoms with van der Waals surface area (Å²) in [6.45, 7) is 7.30. The lowest BCUT2D eigenvalue weighted by atomic mass is 9.84. The highest BCUT2D eigenvalue weighted by Crippen LogP contribution is 2.35. The first-order valence-corrected chi connectivity index (χ1v) is 12.2. The third-order valence-electron chi connectivity index (χ3n) is 6.76. The molecule has 1 aliphatic rings. The molecule has 4 unspecified atom stereocenters. The van der Waals surface area contributed by atoms with Crippen molar-refractivity contribution >= 4 is 17.8 Å². The van der Waals surface area contributed by atoms with E-state index in [2.05, 4.69) is 10.6 Å². The zero-order valence-corrected chi connectivity index (χ0v) is 21.0. The quantitative estimate of drug-likeness (QED) is 0.361. The lowest BCUT2D eigenvalue weighted by Gasteiger charge is -2.31. The number of amides is 2. The number of aliphatic hydroxyl groups is 1. The maximum Gasteiger partial charge on any atom is 0.328 e. The van der Waals surface area contributed by atoms with E-state index in [1.54, 1.807) is 0 Å². The van der Waals surface area contributed by atoms with E-state index in [4.69, 9.17) is 10.5 Å². The minimum atomic E-state index is -0.825. The fourth-order valence-corrected chi connectivity index (χ4v) is 4.71.